The minimum atomic E-state index is -0.0873. The number of aromatic nitrogens is 2. The molecule has 4 heteroatoms. The van der Waals surface area contributed by atoms with Gasteiger partial charge in [0.2, 0.25) is 0 Å². The van der Waals surface area contributed by atoms with E-state index in [0.717, 1.165) is 22.8 Å². The summed E-state index contributed by atoms with van der Waals surface area (Å²) in [6, 6.07) is 42.4. The molecular weight excluding hydrogens is 567 g/mol. The van der Waals surface area contributed by atoms with Crippen LogP contribution in [0.3, 0.4) is 0 Å². The van der Waals surface area contributed by atoms with Crippen molar-refractivity contribution in [3.63, 3.8) is 0 Å². The Balaban J connectivity index is 1.23. The first-order chi connectivity index (χ1) is 22.1. The van der Waals surface area contributed by atoms with E-state index in [9.17, 15) is 0 Å². The first-order valence-corrected chi connectivity index (χ1v) is 16.2. The van der Waals surface area contributed by atoms with Crippen LogP contribution in [0.4, 0.5) is 17.2 Å². The Kier molecular flexibility index (Phi) is 4.94. The quantitative estimate of drug-likeness (QED) is 0.200. The summed E-state index contributed by atoms with van der Waals surface area (Å²) in [4.78, 5) is 11.8. The van der Waals surface area contributed by atoms with Gasteiger partial charge in [0.15, 0.2) is 0 Å². The normalized spacial score (nSPS) is 14.1. The van der Waals surface area contributed by atoms with Gasteiger partial charge >= 0.3 is 0 Å². The molecule has 8 aromatic rings. The van der Waals surface area contributed by atoms with Gasteiger partial charge in [0.25, 0.3) is 0 Å². The molecule has 0 saturated carbocycles. The van der Waals surface area contributed by atoms with Crippen molar-refractivity contribution in [2.24, 2.45) is 0 Å². The molecule has 0 bridgehead atoms. The molecule has 0 atom stereocenters. The first kappa shape index (κ1) is 25.1. The molecular formula is C41H27N3S. The third kappa shape index (κ3) is 3.35. The van der Waals surface area contributed by atoms with Crippen molar-refractivity contribution in [3.8, 4) is 33.4 Å². The average molecular weight is 594 g/mol. The van der Waals surface area contributed by atoms with E-state index in [-0.39, 0.29) is 5.41 Å². The molecule has 0 amide bonds. The van der Waals surface area contributed by atoms with Crippen LogP contribution in [0.1, 0.15) is 25.0 Å². The van der Waals surface area contributed by atoms with E-state index in [1.165, 1.54) is 69.9 Å². The van der Waals surface area contributed by atoms with E-state index in [2.05, 4.69) is 139 Å². The second kappa shape index (κ2) is 8.87. The van der Waals surface area contributed by atoms with Crippen molar-refractivity contribution in [2.45, 2.75) is 19.3 Å². The molecule has 0 unspecified atom stereocenters. The SMILES string of the molecule is CC1(C)c2ccc(N3c4ncncc4-c4cc(-c5ccccc5)cc5cccc3c45)cc2-c2c1ccc1c2sc2ccccc21. The van der Waals surface area contributed by atoms with Crippen molar-refractivity contribution in [1.29, 1.82) is 0 Å². The van der Waals surface area contributed by atoms with Gasteiger partial charge in [-0.05, 0) is 75.2 Å². The highest BCUT2D eigenvalue weighted by Gasteiger charge is 2.38. The number of hydrogen-bond donors (Lipinski definition) is 0. The molecule has 45 heavy (non-hydrogen) atoms. The minimum Gasteiger partial charge on any atom is -0.294 e. The maximum absolute atomic E-state index is 4.93. The standard InChI is InChI=1S/C41H27N3S/c1-41(2)33-17-15-27(21-31(33)38-34(41)18-16-29-28-12-6-7-14-36(28)45-39(29)38)44-35-13-8-11-25-19-26(24-9-4-3-5-10-24)20-30(37(25)35)32-22-42-23-43-40(32)44/h3-23H,1-2H3. The molecule has 0 spiro atoms. The minimum absolute atomic E-state index is 0.0873. The summed E-state index contributed by atoms with van der Waals surface area (Å²) in [6.45, 7) is 4.72. The summed E-state index contributed by atoms with van der Waals surface area (Å²) in [6.07, 6.45) is 3.64. The lowest BCUT2D eigenvalue weighted by Crippen LogP contribution is -2.18. The highest BCUT2D eigenvalue weighted by Crippen LogP contribution is 2.56. The number of fused-ring (bicyclic) bond motifs is 9. The van der Waals surface area contributed by atoms with Crippen LogP contribution >= 0.6 is 11.3 Å². The van der Waals surface area contributed by atoms with Gasteiger partial charge < -0.3 is 0 Å². The fourth-order valence-electron chi connectivity index (χ4n) is 7.82. The summed E-state index contributed by atoms with van der Waals surface area (Å²) < 4.78 is 2.71. The molecule has 212 valence electrons. The fourth-order valence-corrected chi connectivity index (χ4v) is 9.08. The third-order valence-corrected chi connectivity index (χ3v) is 11.1. The predicted octanol–water partition coefficient (Wildman–Crippen LogP) is 11.4. The van der Waals surface area contributed by atoms with Gasteiger partial charge in [-0.1, -0.05) is 92.7 Å². The lowest BCUT2D eigenvalue weighted by Gasteiger charge is -2.32. The van der Waals surface area contributed by atoms with E-state index < -0.39 is 0 Å². The Morgan fingerprint density at radius 2 is 1.51 bits per heavy atom. The van der Waals surface area contributed by atoms with Gasteiger partial charge in [0, 0.05) is 54.0 Å². The molecule has 3 heterocycles. The Bertz CT molecular complexity index is 2530. The van der Waals surface area contributed by atoms with E-state index in [1.807, 2.05) is 17.5 Å². The summed E-state index contributed by atoms with van der Waals surface area (Å²) in [5, 5.41) is 5.12. The predicted molar refractivity (Wildman–Crippen MR) is 189 cm³/mol. The molecule has 6 aromatic carbocycles. The largest absolute Gasteiger partial charge is 0.294 e. The molecule has 0 saturated heterocycles. The summed E-state index contributed by atoms with van der Waals surface area (Å²) in [5.41, 5.74) is 12.3. The highest BCUT2D eigenvalue weighted by atomic mass is 32.1. The van der Waals surface area contributed by atoms with Gasteiger partial charge in [-0.3, -0.25) is 4.90 Å². The summed E-state index contributed by atoms with van der Waals surface area (Å²) in [5.74, 6) is 0.910. The van der Waals surface area contributed by atoms with Crippen LogP contribution in [0.15, 0.2) is 128 Å². The molecule has 0 radical (unpaired) electrons. The molecule has 0 fully saturated rings. The van der Waals surface area contributed by atoms with E-state index >= 15 is 0 Å². The molecule has 2 aromatic heterocycles. The van der Waals surface area contributed by atoms with E-state index in [0.29, 0.717) is 0 Å². The van der Waals surface area contributed by atoms with Crippen molar-refractivity contribution in [1.82, 2.24) is 9.97 Å². The third-order valence-electron chi connectivity index (χ3n) is 9.92. The summed E-state index contributed by atoms with van der Waals surface area (Å²) >= 11 is 1.91. The van der Waals surface area contributed by atoms with Crippen LogP contribution in [0.25, 0.3) is 64.3 Å². The molecule has 1 aliphatic carbocycles. The molecule has 2 aliphatic rings. The second-order valence-corrected chi connectivity index (χ2v) is 13.7. The lowest BCUT2D eigenvalue weighted by molar-refractivity contribution is 0.661. The number of thiophene rings is 1. The molecule has 3 nitrogen and oxygen atoms in total. The van der Waals surface area contributed by atoms with Crippen LogP contribution in [0, 0.1) is 0 Å². The number of hydrogen-bond acceptors (Lipinski definition) is 4. The number of nitrogens with zero attached hydrogens (tertiary/aromatic N) is 3. The Hall–Kier alpha value is -5.32. The van der Waals surface area contributed by atoms with Crippen LogP contribution in [-0.4, -0.2) is 9.97 Å². The average Bonchev–Trinajstić information content (AvgIpc) is 3.57. The molecule has 1 aliphatic heterocycles. The van der Waals surface area contributed by atoms with Crippen LogP contribution in [0.5, 0.6) is 0 Å². The summed E-state index contributed by atoms with van der Waals surface area (Å²) in [7, 11) is 0. The van der Waals surface area contributed by atoms with E-state index in [4.69, 9.17) is 4.98 Å². The zero-order valence-corrected chi connectivity index (χ0v) is 25.7. The van der Waals surface area contributed by atoms with Crippen molar-refractivity contribution in [2.75, 3.05) is 4.90 Å². The van der Waals surface area contributed by atoms with Crippen molar-refractivity contribution >= 4 is 59.5 Å². The van der Waals surface area contributed by atoms with Crippen LogP contribution < -0.4 is 4.90 Å². The fraction of sp³-hybridized carbons (Fsp3) is 0.0732. The van der Waals surface area contributed by atoms with Gasteiger partial charge in [-0.25, -0.2) is 9.97 Å². The Morgan fingerprint density at radius 3 is 2.42 bits per heavy atom. The highest BCUT2D eigenvalue weighted by molar-refractivity contribution is 7.26. The first-order valence-electron chi connectivity index (χ1n) is 15.4. The maximum atomic E-state index is 4.93. The lowest BCUT2D eigenvalue weighted by atomic mass is 9.82. The molecule has 0 N–H and O–H groups in total. The molecule has 10 rings (SSSR count). The topological polar surface area (TPSA) is 29.0 Å². The second-order valence-electron chi connectivity index (χ2n) is 12.7. The van der Waals surface area contributed by atoms with Crippen LogP contribution in [0.2, 0.25) is 0 Å². The Labute approximate surface area is 265 Å². The zero-order valence-electron chi connectivity index (χ0n) is 24.9. The Morgan fingerprint density at radius 1 is 0.667 bits per heavy atom. The van der Waals surface area contributed by atoms with E-state index in [1.54, 1.807) is 6.33 Å². The van der Waals surface area contributed by atoms with Gasteiger partial charge in [-0.2, -0.15) is 0 Å². The van der Waals surface area contributed by atoms with Gasteiger partial charge in [-0.15, -0.1) is 11.3 Å². The van der Waals surface area contributed by atoms with Crippen molar-refractivity contribution in [3.05, 3.63) is 139 Å². The van der Waals surface area contributed by atoms with Gasteiger partial charge in [0.05, 0.1) is 5.69 Å². The van der Waals surface area contributed by atoms with Crippen LogP contribution in [-0.2, 0) is 5.41 Å². The number of rotatable bonds is 2. The van der Waals surface area contributed by atoms with Crippen molar-refractivity contribution < 1.29 is 0 Å². The smallest absolute Gasteiger partial charge is 0.148 e. The monoisotopic (exact) mass is 593 g/mol. The zero-order chi connectivity index (χ0) is 29.9. The van der Waals surface area contributed by atoms with Gasteiger partial charge in [0.1, 0.15) is 12.1 Å². The number of anilines is 3. The number of benzene rings is 6. The maximum Gasteiger partial charge on any atom is 0.148 e.